The van der Waals surface area contributed by atoms with E-state index in [0.29, 0.717) is 37.5 Å². The number of piperidine rings is 1. The number of hydrogen-bond acceptors (Lipinski definition) is 2. The fourth-order valence-electron chi connectivity index (χ4n) is 4.12. The minimum Gasteiger partial charge on any atom is -0.338 e. The minimum absolute atomic E-state index is 0.119. The molecule has 1 unspecified atom stereocenters. The smallest absolute Gasteiger partial charge is 0.227 e. The largest absolute Gasteiger partial charge is 0.338 e. The molecule has 1 fully saturated rings. The Kier molecular flexibility index (Phi) is 6.00. The van der Waals surface area contributed by atoms with Gasteiger partial charge < -0.3 is 9.80 Å². The van der Waals surface area contributed by atoms with Gasteiger partial charge in [-0.05, 0) is 41.7 Å². The van der Waals surface area contributed by atoms with Gasteiger partial charge in [0.05, 0.1) is 5.92 Å². The molecular weight excluding hydrogens is 384 g/mol. The van der Waals surface area contributed by atoms with Crippen LogP contribution in [0.25, 0.3) is 5.57 Å². The predicted molar refractivity (Wildman–Crippen MR) is 115 cm³/mol. The van der Waals surface area contributed by atoms with Gasteiger partial charge in [0, 0.05) is 37.6 Å². The molecule has 4 nitrogen and oxygen atoms in total. The number of nitrogens with zero attached hydrogens (tertiary/aromatic N) is 2. The summed E-state index contributed by atoms with van der Waals surface area (Å²) in [7, 11) is 0. The molecule has 29 heavy (non-hydrogen) atoms. The van der Waals surface area contributed by atoms with Crippen molar-refractivity contribution in [2.24, 2.45) is 5.92 Å². The van der Waals surface area contributed by atoms with Crippen LogP contribution in [0.2, 0.25) is 5.02 Å². The molecule has 2 aliphatic rings. The number of halogens is 1. The van der Waals surface area contributed by atoms with Crippen LogP contribution < -0.4 is 0 Å². The second-order valence-electron chi connectivity index (χ2n) is 7.77. The molecule has 2 amide bonds. The van der Waals surface area contributed by atoms with Gasteiger partial charge in [-0.15, -0.1) is 0 Å². The predicted octanol–water partition coefficient (Wildman–Crippen LogP) is 4.39. The van der Waals surface area contributed by atoms with Gasteiger partial charge >= 0.3 is 0 Å². The van der Waals surface area contributed by atoms with Crippen molar-refractivity contribution < 1.29 is 9.59 Å². The van der Waals surface area contributed by atoms with E-state index in [1.54, 1.807) is 0 Å². The fourth-order valence-corrected chi connectivity index (χ4v) is 4.25. The van der Waals surface area contributed by atoms with Gasteiger partial charge in [0.2, 0.25) is 11.8 Å². The van der Waals surface area contributed by atoms with E-state index in [-0.39, 0.29) is 17.7 Å². The summed E-state index contributed by atoms with van der Waals surface area (Å²) >= 11 is 5.95. The third kappa shape index (κ3) is 4.70. The zero-order valence-corrected chi connectivity index (χ0v) is 17.1. The maximum absolute atomic E-state index is 13.1. The van der Waals surface area contributed by atoms with Gasteiger partial charge in [-0.2, -0.15) is 0 Å². The van der Waals surface area contributed by atoms with Crippen molar-refractivity contribution >= 4 is 29.0 Å². The number of likely N-dealkylation sites (tertiary alicyclic amines) is 1. The summed E-state index contributed by atoms with van der Waals surface area (Å²) in [6, 6.07) is 17.9. The average Bonchev–Trinajstić information content (AvgIpc) is 2.77. The zero-order valence-electron chi connectivity index (χ0n) is 16.4. The lowest BCUT2D eigenvalue weighted by molar-refractivity contribution is -0.143. The Bertz CT molecular complexity index is 908. The van der Waals surface area contributed by atoms with Gasteiger partial charge in [0.1, 0.15) is 0 Å². The fraction of sp³-hybridized carbons (Fsp3) is 0.333. The first-order valence-corrected chi connectivity index (χ1v) is 10.5. The highest BCUT2D eigenvalue weighted by Crippen LogP contribution is 2.26. The summed E-state index contributed by atoms with van der Waals surface area (Å²) in [5, 5.41) is 0.680. The van der Waals surface area contributed by atoms with Crippen LogP contribution in [0, 0.1) is 5.92 Å². The molecule has 2 aliphatic heterocycles. The van der Waals surface area contributed by atoms with Crippen LogP contribution in [0.1, 0.15) is 30.4 Å². The molecule has 0 aliphatic carbocycles. The molecule has 0 aromatic heterocycles. The molecular formula is C24H25ClN2O2. The molecule has 2 heterocycles. The van der Waals surface area contributed by atoms with Crippen LogP contribution in [0.15, 0.2) is 60.7 Å². The van der Waals surface area contributed by atoms with E-state index in [1.807, 2.05) is 52.3 Å². The van der Waals surface area contributed by atoms with Crippen LogP contribution in [0.3, 0.4) is 0 Å². The maximum Gasteiger partial charge on any atom is 0.227 e. The molecule has 0 saturated carbocycles. The van der Waals surface area contributed by atoms with Crippen LogP contribution in [-0.2, 0) is 16.1 Å². The SMILES string of the molecule is O=C1CCC(C(=O)N2CC=C(c3ccccc3)CC2)CN1Cc1ccc(Cl)cc1. The summed E-state index contributed by atoms with van der Waals surface area (Å²) in [6.45, 7) is 2.40. The van der Waals surface area contributed by atoms with E-state index < -0.39 is 0 Å². The summed E-state index contributed by atoms with van der Waals surface area (Å²) in [6.07, 6.45) is 4.11. The van der Waals surface area contributed by atoms with Crippen LogP contribution in [0.5, 0.6) is 0 Å². The second kappa shape index (κ2) is 8.83. The van der Waals surface area contributed by atoms with E-state index in [2.05, 4.69) is 18.2 Å². The van der Waals surface area contributed by atoms with Crippen molar-refractivity contribution in [1.82, 2.24) is 9.80 Å². The van der Waals surface area contributed by atoms with Crippen molar-refractivity contribution in [3.8, 4) is 0 Å². The third-order valence-corrected chi connectivity index (χ3v) is 6.05. The summed E-state index contributed by atoms with van der Waals surface area (Å²) in [5.74, 6) is 0.169. The molecule has 0 spiro atoms. The first-order valence-electron chi connectivity index (χ1n) is 10.2. The lowest BCUT2D eigenvalue weighted by atomic mass is 9.94. The van der Waals surface area contributed by atoms with E-state index in [9.17, 15) is 9.59 Å². The maximum atomic E-state index is 13.1. The van der Waals surface area contributed by atoms with Gasteiger partial charge in [0.25, 0.3) is 0 Å². The highest BCUT2D eigenvalue weighted by atomic mass is 35.5. The van der Waals surface area contributed by atoms with Crippen LogP contribution in [0.4, 0.5) is 0 Å². The molecule has 4 rings (SSSR count). The van der Waals surface area contributed by atoms with E-state index in [0.717, 1.165) is 18.5 Å². The first-order chi connectivity index (χ1) is 14.1. The summed E-state index contributed by atoms with van der Waals surface area (Å²) in [5.41, 5.74) is 3.57. The highest BCUT2D eigenvalue weighted by molar-refractivity contribution is 6.30. The first kappa shape index (κ1) is 19.7. The third-order valence-electron chi connectivity index (χ3n) is 5.80. The number of hydrogen-bond donors (Lipinski definition) is 0. The summed E-state index contributed by atoms with van der Waals surface area (Å²) in [4.78, 5) is 29.2. The molecule has 5 heteroatoms. The molecule has 2 aromatic rings. The van der Waals surface area contributed by atoms with Crippen molar-refractivity contribution in [3.63, 3.8) is 0 Å². The normalized spacial score (nSPS) is 19.8. The Labute approximate surface area is 176 Å². The molecule has 0 N–H and O–H groups in total. The number of benzene rings is 2. The zero-order chi connectivity index (χ0) is 20.2. The average molecular weight is 409 g/mol. The molecule has 0 bridgehead atoms. The van der Waals surface area contributed by atoms with Crippen LogP contribution >= 0.6 is 11.6 Å². The standard InChI is InChI=1S/C24H25ClN2O2/c25-22-9-6-18(7-10-22)16-27-17-21(8-11-23(27)28)24(29)26-14-12-20(13-15-26)19-4-2-1-3-5-19/h1-7,9-10,12,21H,8,11,13-17H2. The van der Waals surface area contributed by atoms with Gasteiger partial charge in [0.15, 0.2) is 0 Å². The second-order valence-corrected chi connectivity index (χ2v) is 8.20. The molecule has 1 atom stereocenters. The van der Waals surface area contributed by atoms with Gasteiger partial charge in [-0.1, -0.05) is 60.1 Å². The Balaban J connectivity index is 1.38. The number of rotatable bonds is 4. The number of amides is 2. The molecule has 1 saturated heterocycles. The molecule has 150 valence electrons. The minimum atomic E-state index is -0.119. The van der Waals surface area contributed by atoms with E-state index in [1.165, 1.54) is 11.1 Å². The highest BCUT2D eigenvalue weighted by Gasteiger charge is 2.33. The Morgan fingerprint density at radius 1 is 1.03 bits per heavy atom. The Hall–Kier alpha value is -2.59. The summed E-state index contributed by atoms with van der Waals surface area (Å²) < 4.78 is 0. The van der Waals surface area contributed by atoms with Crippen molar-refractivity contribution in [3.05, 3.63) is 76.8 Å². The quantitative estimate of drug-likeness (QED) is 0.752. The Morgan fingerprint density at radius 2 is 1.79 bits per heavy atom. The lowest BCUT2D eigenvalue weighted by Crippen LogP contribution is -2.47. The van der Waals surface area contributed by atoms with Gasteiger partial charge in [-0.3, -0.25) is 9.59 Å². The topological polar surface area (TPSA) is 40.6 Å². The Morgan fingerprint density at radius 3 is 2.48 bits per heavy atom. The van der Waals surface area contributed by atoms with E-state index in [4.69, 9.17) is 11.6 Å². The van der Waals surface area contributed by atoms with Gasteiger partial charge in [-0.25, -0.2) is 0 Å². The van der Waals surface area contributed by atoms with Crippen molar-refractivity contribution in [2.45, 2.75) is 25.8 Å². The van der Waals surface area contributed by atoms with Crippen molar-refractivity contribution in [2.75, 3.05) is 19.6 Å². The molecule has 2 aromatic carbocycles. The number of carbonyl (C=O) groups is 2. The molecule has 0 radical (unpaired) electrons. The van der Waals surface area contributed by atoms with Crippen molar-refractivity contribution in [1.29, 1.82) is 0 Å². The monoisotopic (exact) mass is 408 g/mol. The number of carbonyl (C=O) groups excluding carboxylic acids is 2. The van der Waals surface area contributed by atoms with E-state index >= 15 is 0 Å². The lowest BCUT2D eigenvalue weighted by Gasteiger charge is -2.36. The van der Waals surface area contributed by atoms with Crippen LogP contribution in [-0.4, -0.2) is 41.2 Å².